The zero-order valence-electron chi connectivity index (χ0n) is 14.6. The molecule has 0 aliphatic carbocycles. The first-order valence-electron chi connectivity index (χ1n) is 8.40. The molecule has 6 nitrogen and oxygen atoms in total. The van der Waals surface area contributed by atoms with Gasteiger partial charge in [-0.2, -0.15) is 0 Å². The molecule has 0 saturated carbocycles. The number of benzene rings is 1. The maximum Gasteiger partial charge on any atom is 0.364 e. The van der Waals surface area contributed by atoms with Gasteiger partial charge in [0.25, 0.3) is 17.8 Å². The molecule has 1 aromatic rings. The monoisotopic (exact) mass is 405 g/mol. The highest BCUT2D eigenvalue weighted by Gasteiger charge is 2.53. The lowest BCUT2D eigenvalue weighted by Gasteiger charge is -2.33. The van der Waals surface area contributed by atoms with E-state index in [1.165, 1.54) is 9.80 Å². The van der Waals surface area contributed by atoms with Crippen molar-refractivity contribution in [3.8, 4) is 0 Å². The van der Waals surface area contributed by atoms with Gasteiger partial charge in [0, 0.05) is 7.05 Å². The predicted octanol–water partition coefficient (Wildman–Crippen LogP) is 2.67. The quantitative estimate of drug-likeness (QED) is 0.558. The van der Waals surface area contributed by atoms with Gasteiger partial charge in [0.15, 0.2) is 0 Å². The molecule has 1 unspecified atom stereocenters. The number of nitrogens with zero attached hydrogens (tertiary/aromatic N) is 4. The van der Waals surface area contributed by atoms with Crippen LogP contribution in [0, 0.1) is 5.92 Å². The number of hydrogen-bond acceptors (Lipinski definition) is 3. The summed E-state index contributed by atoms with van der Waals surface area (Å²) in [6.07, 6.45) is 0.942. The Balaban J connectivity index is 1.88. The Morgan fingerprint density at radius 3 is 2.56 bits per heavy atom. The molecule has 3 rings (SSSR count). The fraction of sp³-hybridized carbons (Fsp3) is 0.444. The van der Waals surface area contributed by atoms with Crippen LogP contribution in [0.1, 0.15) is 25.8 Å². The van der Waals surface area contributed by atoms with Crippen LogP contribution in [0.4, 0.5) is 4.79 Å². The van der Waals surface area contributed by atoms with Gasteiger partial charge in [0.1, 0.15) is 0 Å². The normalized spacial score (nSPS) is 20.5. The number of rotatable bonds is 5. The second-order valence-corrected chi connectivity index (χ2v) is 7.48. The van der Waals surface area contributed by atoms with Crippen molar-refractivity contribution in [3.63, 3.8) is 0 Å². The van der Waals surface area contributed by atoms with Crippen LogP contribution in [0.25, 0.3) is 0 Å². The van der Waals surface area contributed by atoms with E-state index < -0.39 is 6.04 Å². The summed E-state index contributed by atoms with van der Waals surface area (Å²) in [5.41, 5.74) is 0.924. The van der Waals surface area contributed by atoms with E-state index in [4.69, 9.17) is 0 Å². The number of amides is 3. The molecule has 1 saturated heterocycles. The largest absolute Gasteiger partial charge is 0.364 e. The summed E-state index contributed by atoms with van der Waals surface area (Å²) in [4.78, 5) is 33.0. The van der Waals surface area contributed by atoms with Crippen LogP contribution >= 0.6 is 15.9 Å². The zero-order valence-corrected chi connectivity index (χ0v) is 16.2. The number of amidine groups is 2. The number of halogens is 1. The minimum absolute atomic E-state index is 0.219. The number of hydrogen-bond donors (Lipinski definition) is 0. The number of urea groups is 1. The Hall–Kier alpha value is -2.02. The summed E-state index contributed by atoms with van der Waals surface area (Å²) in [5.74, 6) is 0.793. The van der Waals surface area contributed by atoms with Crippen LogP contribution in [0.5, 0.6) is 0 Å². The lowest BCUT2D eigenvalue weighted by molar-refractivity contribution is -0.534. The summed E-state index contributed by atoms with van der Waals surface area (Å²) < 4.78 is 2.56. The van der Waals surface area contributed by atoms with Gasteiger partial charge in [-0.3, -0.25) is 14.6 Å². The first kappa shape index (κ1) is 17.8. The first-order valence-corrected chi connectivity index (χ1v) is 9.20. The van der Waals surface area contributed by atoms with Crippen molar-refractivity contribution in [2.45, 2.75) is 32.9 Å². The highest BCUT2D eigenvalue weighted by Crippen LogP contribution is 2.23. The van der Waals surface area contributed by atoms with Crippen LogP contribution in [0.2, 0.25) is 0 Å². The number of fused-ring (bicyclic) bond motifs is 1. The molecule has 1 fully saturated rings. The molecule has 0 aromatic heterocycles. The smallest absolute Gasteiger partial charge is 0.269 e. The van der Waals surface area contributed by atoms with Gasteiger partial charge in [-0.05, 0) is 22.9 Å². The van der Waals surface area contributed by atoms with Gasteiger partial charge >= 0.3 is 10.8 Å². The summed E-state index contributed by atoms with van der Waals surface area (Å²) >= 11 is 3.45. The second-order valence-electron chi connectivity index (χ2n) is 6.77. The molecule has 2 aliphatic rings. The first-order chi connectivity index (χ1) is 11.9. The molecule has 7 heteroatoms. The van der Waals surface area contributed by atoms with Gasteiger partial charge in [-0.15, -0.1) is 0 Å². The Bertz CT molecular complexity index is 758. The maximum atomic E-state index is 13.1. The molecule has 2 heterocycles. The third-order valence-corrected chi connectivity index (χ3v) is 5.13. The lowest BCUT2D eigenvalue weighted by Crippen LogP contribution is -2.62. The molecule has 132 valence electrons. The van der Waals surface area contributed by atoms with Crippen molar-refractivity contribution in [1.29, 1.82) is 0 Å². The van der Waals surface area contributed by atoms with Crippen molar-refractivity contribution < 1.29 is 14.2 Å². The molecule has 0 radical (unpaired) electrons. The van der Waals surface area contributed by atoms with E-state index in [0.717, 1.165) is 12.0 Å². The van der Waals surface area contributed by atoms with Crippen molar-refractivity contribution in [3.05, 3.63) is 35.9 Å². The average molecular weight is 406 g/mol. The molecule has 0 bridgehead atoms. The Kier molecular flexibility index (Phi) is 5.03. The van der Waals surface area contributed by atoms with Crippen LogP contribution in [-0.4, -0.2) is 56.5 Å². The van der Waals surface area contributed by atoms with Gasteiger partial charge in [-0.1, -0.05) is 44.2 Å². The third kappa shape index (κ3) is 3.38. The van der Waals surface area contributed by atoms with Crippen molar-refractivity contribution in [2.24, 2.45) is 10.9 Å². The van der Waals surface area contributed by atoms with E-state index >= 15 is 0 Å². The molecule has 2 aliphatic heterocycles. The van der Waals surface area contributed by atoms with Crippen molar-refractivity contribution in [1.82, 2.24) is 9.80 Å². The van der Waals surface area contributed by atoms with Crippen LogP contribution in [0.15, 0.2) is 35.3 Å². The van der Waals surface area contributed by atoms with E-state index in [2.05, 4.69) is 34.8 Å². The Labute approximate surface area is 156 Å². The molecule has 1 aromatic carbocycles. The number of likely N-dealkylation sites (N-methyl/N-ethyl adjacent to an activating group) is 1. The van der Waals surface area contributed by atoms with E-state index in [-0.39, 0.29) is 18.5 Å². The SMILES string of the molecule is CC(C)CC[N+]1=C(Br)N=C2C1C(=O)N(Cc1ccccc1)C(=O)N2C. The number of carbonyl (C=O) groups excluding carboxylic acids is 2. The average Bonchev–Trinajstić information content (AvgIpc) is 2.92. The summed E-state index contributed by atoms with van der Waals surface area (Å²) in [6.45, 7) is 5.27. The predicted molar refractivity (Wildman–Crippen MR) is 99.9 cm³/mol. The minimum Gasteiger partial charge on any atom is -0.269 e. The number of imide groups is 1. The fourth-order valence-electron chi connectivity index (χ4n) is 3.02. The summed E-state index contributed by atoms with van der Waals surface area (Å²) in [6, 6.07) is 8.67. The van der Waals surface area contributed by atoms with E-state index in [9.17, 15) is 9.59 Å². The lowest BCUT2D eigenvalue weighted by atomic mass is 10.1. The van der Waals surface area contributed by atoms with Crippen LogP contribution in [0.3, 0.4) is 0 Å². The van der Waals surface area contributed by atoms with E-state index in [0.29, 0.717) is 23.0 Å². The molecule has 1 atom stereocenters. The van der Waals surface area contributed by atoms with Crippen LogP contribution < -0.4 is 0 Å². The van der Waals surface area contributed by atoms with E-state index in [1.54, 1.807) is 7.05 Å². The highest BCUT2D eigenvalue weighted by molar-refractivity contribution is 9.18. The number of aliphatic imine (C=N–C) groups is 1. The second kappa shape index (κ2) is 7.07. The maximum absolute atomic E-state index is 13.1. The molecule has 0 N–H and O–H groups in total. The fourth-order valence-corrected chi connectivity index (χ4v) is 3.58. The minimum atomic E-state index is -0.542. The van der Waals surface area contributed by atoms with Crippen LogP contribution in [-0.2, 0) is 11.3 Å². The van der Waals surface area contributed by atoms with Gasteiger partial charge < -0.3 is 0 Å². The van der Waals surface area contributed by atoms with Crippen molar-refractivity contribution >= 4 is 38.4 Å². The zero-order chi connectivity index (χ0) is 18.1. The topological polar surface area (TPSA) is 56.0 Å². The summed E-state index contributed by atoms with van der Waals surface area (Å²) in [7, 11) is 1.67. The molecule has 25 heavy (non-hydrogen) atoms. The van der Waals surface area contributed by atoms with Gasteiger partial charge in [0.05, 0.1) is 29.0 Å². The van der Waals surface area contributed by atoms with E-state index in [1.807, 2.05) is 34.9 Å². The number of carbonyl (C=O) groups is 2. The molecule has 3 amide bonds. The highest BCUT2D eigenvalue weighted by atomic mass is 79.9. The Morgan fingerprint density at radius 1 is 1.24 bits per heavy atom. The van der Waals surface area contributed by atoms with Gasteiger partial charge in [-0.25, -0.2) is 9.37 Å². The molecular weight excluding hydrogens is 384 g/mol. The standard InChI is InChI=1S/C18H22BrN4O2/c1-12(2)9-10-22-14-15(20-17(22)19)21(3)18(25)23(16(14)24)11-13-7-5-4-6-8-13/h4-8,12,14H,9-11H2,1-3H3/q+1. The Morgan fingerprint density at radius 2 is 1.92 bits per heavy atom. The summed E-state index contributed by atoms with van der Waals surface area (Å²) in [5, 5.41) is 0. The molecular formula is C18H22BrN4O2+. The van der Waals surface area contributed by atoms with Crippen molar-refractivity contribution in [2.75, 3.05) is 13.6 Å². The van der Waals surface area contributed by atoms with Gasteiger partial charge in [0.2, 0.25) is 0 Å². The molecule has 0 spiro atoms. The third-order valence-electron chi connectivity index (χ3n) is 4.49.